The first-order valence-electron chi connectivity index (χ1n) is 11.1. The fourth-order valence-electron chi connectivity index (χ4n) is 4.69. The number of para-hydroxylation sites is 1. The molecule has 3 atom stereocenters. The number of esters is 1. The molecule has 7 nitrogen and oxygen atoms in total. The lowest BCUT2D eigenvalue weighted by Gasteiger charge is -2.22. The molecule has 0 radical (unpaired) electrons. The number of carboxylic acids is 1. The van der Waals surface area contributed by atoms with Crippen molar-refractivity contribution in [3.63, 3.8) is 0 Å². The van der Waals surface area contributed by atoms with E-state index in [0.717, 1.165) is 0 Å². The summed E-state index contributed by atoms with van der Waals surface area (Å²) in [7, 11) is 3.75. The SMILES string of the molecule is CN(C)CCOC(=O)/C=C\[C@H]1C(C)(C)[C@]1(C(=O)O)[C@@H](C#N)c1cccc(Oc2ccccc2)c1. The first kappa shape index (κ1) is 25.0. The normalized spacial score (nSPS) is 21.6. The lowest BCUT2D eigenvalue weighted by atomic mass is 9.78. The second-order valence-corrected chi connectivity index (χ2v) is 9.25. The van der Waals surface area contributed by atoms with Crippen LogP contribution >= 0.6 is 0 Å². The zero-order valence-corrected chi connectivity index (χ0v) is 19.9. The molecule has 0 aliphatic heterocycles. The van der Waals surface area contributed by atoms with Crippen molar-refractivity contribution < 1.29 is 24.2 Å². The Hall–Kier alpha value is -3.63. The van der Waals surface area contributed by atoms with Crippen LogP contribution in [0.15, 0.2) is 66.7 Å². The minimum Gasteiger partial charge on any atom is -0.481 e. The molecular weight excluding hydrogens is 432 g/mol. The number of nitriles is 1. The van der Waals surface area contributed by atoms with Gasteiger partial charge in [0.2, 0.25) is 0 Å². The van der Waals surface area contributed by atoms with Gasteiger partial charge in [-0.3, -0.25) is 4.79 Å². The molecule has 2 aromatic rings. The van der Waals surface area contributed by atoms with Crippen molar-refractivity contribution in [2.75, 3.05) is 27.2 Å². The third-order valence-electron chi connectivity index (χ3n) is 6.57. The number of benzene rings is 2. The molecule has 3 rings (SSSR count). The van der Waals surface area contributed by atoms with Crippen LogP contribution in [0.1, 0.15) is 25.3 Å². The highest BCUT2D eigenvalue weighted by atomic mass is 16.5. The van der Waals surface area contributed by atoms with Gasteiger partial charge < -0.3 is 19.5 Å². The van der Waals surface area contributed by atoms with Crippen molar-refractivity contribution in [1.29, 1.82) is 5.26 Å². The van der Waals surface area contributed by atoms with Gasteiger partial charge >= 0.3 is 11.9 Å². The van der Waals surface area contributed by atoms with E-state index in [1.165, 1.54) is 6.08 Å². The van der Waals surface area contributed by atoms with Gasteiger partial charge in [0.25, 0.3) is 0 Å². The van der Waals surface area contributed by atoms with Crippen molar-refractivity contribution in [2.45, 2.75) is 19.8 Å². The molecule has 1 N–H and O–H groups in total. The topological polar surface area (TPSA) is 99.9 Å². The van der Waals surface area contributed by atoms with E-state index in [1.54, 1.807) is 30.3 Å². The summed E-state index contributed by atoms with van der Waals surface area (Å²) in [5.74, 6) is -1.92. The number of carboxylic acid groups (broad SMARTS) is 1. The summed E-state index contributed by atoms with van der Waals surface area (Å²) in [4.78, 5) is 26.6. The van der Waals surface area contributed by atoms with Gasteiger partial charge in [-0.15, -0.1) is 0 Å². The highest BCUT2D eigenvalue weighted by molar-refractivity contribution is 5.86. The average Bonchev–Trinajstić information content (AvgIpc) is 3.29. The number of hydrogen-bond donors (Lipinski definition) is 1. The Morgan fingerprint density at radius 1 is 1.15 bits per heavy atom. The minimum atomic E-state index is -1.40. The number of ether oxygens (including phenoxy) is 2. The van der Waals surface area contributed by atoms with Crippen molar-refractivity contribution in [2.24, 2.45) is 16.7 Å². The molecule has 0 heterocycles. The van der Waals surface area contributed by atoms with Crippen molar-refractivity contribution in [1.82, 2.24) is 4.90 Å². The van der Waals surface area contributed by atoms with Gasteiger partial charge in [0.15, 0.2) is 0 Å². The predicted molar refractivity (Wildman–Crippen MR) is 127 cm³/mol. The summed E-state index contributed by atoms with van der Waals surface area (Å²) < 4.78 is 11.1. The smallest absolute Gasteiger partial charge is 0.330 e. The number of hydrogen-bond acceptors (Lipinski definition) is 6. The zero-order valence-electron chi connectivity index (χ0n) is 19.9. The van der Waals surface area contributed by atoms with E-state index < -0.39 is 34.6 Å². The molecule has 0 bridgehead atoms. The Balaban J connectivity index is 1.86. The van der Waals surface area contributed by atoms with Crippen molar-refractivity contribution in [3.8, 4) is 17.6 Å². The Morgan fingerprint density at radius 2 is 1.82 bits per heavy atom. The summed E-state index contributed by atoms with van der Waals surface area (Å²) in [5, 5.41) is 20.4. The molecule has 178 valence electrons. The largest absolute Gasteiger partial charge is 0.481 e. The van der Waals surface area contributed by atoms with E-state index in [2.05, 4.69) is 6.07 Å². The van der Waals surface area contributed by atoms with Gasteiger partial charge in [-0.2, -0.15) is 5.26 Å². The number of carbonyl (C=O) groups excluding carboxylic acids is 1. The molecule has 1 aliphatic carbocycles. The van der Waals surface area contributed by atoms with Crippen LogP contribution in [-0.4, -0.2) is 49.2 Å². The van der Waals surface area contributed by atoms with Gasteiger partial charge in [0.05, 0.1) is 12.0 Å². The van der Waals surface area contributed by atoms with Gasteiger partial charge in [0.1, 0.15) is 23.5 Å². The van der Waals surface area contributed by atoms with Crippen LogP contribution in [0.3, 0.4) is 0 Å². The van der Waals surface area contributed by atoms with Gasteiger partial charge in [-0.25, -0.2) is 4.79 Å². The van der Waals surface area contributed by atoms with Crippen LogP contribution in [0.2, 0.25) is 0 Å². The fraction of sp³-hybridized carbons (Fsp3) is 0.370. The van der Waals surface area contributed by atoms with Gasteiger partial charge in [-0.05, 0) is 49.3 Å². The van der Waals surface area contributed by atoms with Crippen LogP contribution in [0.5, 0.6) is 11.5 Å². The quantitative estimate of drug-likeness (QED) is 0.411. The molecule has 0 spiro atoms. The van der Waals surface area contributed by atoms with E-state index in [4.69, 9.17) is 9.47 Å². The molecule has 1 fully saturated rings. The summed E-state index contributed by atoms with van der Waals surface area (Å²) in [6.45, 7) is 4.44. The Morgan fingerprint density at radius 3 is 2.44 bits per heavy atom. The second-order valence-electron chi connectivity index (χ2n) is 9.25. The van der Waals surface area contributed by atoms with E-state index in [1.807, 2.05) is 63.2 Å². The number of nitrogens with zero attached hydrogens (tertiary/aromatic N) is 2. The summed E-state index contributed by atoms with van der Waals surface area (Å²) in [5.41, 5.74) is -1.60. The standard InChI is InChI=1S/C27H30N2O5/c1-26(2)23(13-14-24(30)33-16-15-29(3)4)27(26,25(31)32)22(18-28)19-9-8-12-21(17-19)34-20-10-6-5-7-11-20/h5-14,17,22-23H,15-16H2,1-4H3,(H,31,32)/b14-13-/t22-,23-,27+/m0/s1. The van der Waals surface area contributed by atoms with E-state index in [9.17, 15) is 20.0 Å². The van der Waals surface area contributed by atoms with Crippen molar-refractivity contribution >= 4 is 11.9 Å². The molecule has 0 aromatic heterocycles. The second kappa shape index (κ2) is 10.1. The number of aliphatic carboxylic acids is 1. The Kier molecular flexibility index (Phi) is 7.43. The molecule has 34 heavy (non-hydrogen) atoms. The van der Waals surface area contributed by atoms with Crippen LogP contribution in [0.25, 0.3) is 0 Å². The minimum absolute atomic E-state index is 0.239. The van der Waals surface area contributed by atoms with Crippen LogP contribution in [-0.2, 0) is 14.3 Å². The summed E-state index contributed by atoms with van der Waals surface area (Å²) in [6, 6.07) is 18.4. The monoisotopic (exact) mass is 462 g/mol. The molecule has 7 heteroatoms. The highest BCUT2D eigenvalue weighted by Gasteiger charge is 2.78. The van der Waals surface area contributed by atoms with E-state index in [-0.39, 0.29) is 6.61 Å². The molecule has 1 saturated carbocycles. The molecule has 1 aliphatic rings. The van der Waals surface area contributed by atoms with Crippen LogP contribution < -0.4 is 4.74 Å². The molecule has 0 saturated heterocycles. The lowest BCUT2D eigenvalue weighted by Crippen LogP contribution is -2.28. The first-order valence-corrected chi connectivity index (χ1v) is 11.1. The number of likely N-dealkylation sites (N-methyl/N-ethyl adjacent to an activating group) is 1. The maximum Gasteiger partial charge on any atom is 0.330 e. The summed E-state index contributed by atoms with van der Waals surface area (Å²) in [6.07, 6.45) is 2.84. The molecule has 2 aromatic carbocycles. The fourth-order valence-corrected chi connectivity index (χ4v) is 4.69. The van der Waals surface area contributed by atoms with Gasteiger partial charge in [0, 0.05) is 18.5 Å². The first-order chi connectivity index (χ1) is 16.1. The predicted octanol–water partition coefficient (Wildman–Crippen LogP) is 4.47. The molecule has 0 unspecified atom stereocenters. The number of rotatable bonds is 10. The third kappa shape index (κ3) is 4.82. The number of carbonyl (C=O) groups is 2. The van der Waals surface area contributed by atoms with Crippen LogP contribution in [0.4, 0.5) is 0 Å². The Bertz CT molecular complexity index is 1100. The van der Waals surface area contributed by atoms with E-state index >= 15 is 0 Å². The van der Waals surface area contributed by atoms with Crippen LogP contribution in [0, 0.1) is 28.1 Å². The van der Waals surface area contributed by atoms with Crippen molar-refractivity contribution in [3.05, 3.63) is 72.3 Å². The maximum absolute atomic E-state index is 12.6. The third-order valence-corrected chi connectivity index (χ3v) is 6.57. The Labute approximate surface area is 200 Å². The lowest BCUT2D eigenvalue weighted by molar-refractivity contribution is -0.145. The van der Waals surface area contributed by atoms with Gasteiger partial charge in [-0.1, -0.05) is 50.3 Å². The summed E-state index contributed by atoms with van der Waals surface area (Å²) >= 11 is 0. The molecular formula is C27H30N2O5. The highest BCUT2D eigenvalue weighted by Crippen LogP contribution is 2.75. The number of allylic oxidation sites excluding steroid dienone is 1. The van der Waals surface area contributed by atoms with E-state index in [0.29, 0.717) is 23.6 Å². The zero-order chi connectivity index (χ0) is 24.9. The molecule has 0 amide bonds. The average molecular weight is 463 g/mol. The maximum atomic E-state index is 12.6.